The van der Waals surface area contributed by atoms with E-state index in [4.69, 9.17) is 9.72 Å². The van der Waals surface area contributed by atoms with Crippen molar-refractivity contribution in [2.45, 2.75) is 44.9 Å². The number of carbonyl (C=O) groups excluding carboxylic acids is 1. The number of hydrogen-bond donors (Lipinski definition) is 2. The van der Waals surface area contributed by atoms with Crippen molar-refractivity contribution in [3.63, 3.8) is 0 Å². The van der Waals surface area contributed by atoms with Crippen molar-refractivity contribution in [3.8, 4) is 6.07 Å². The third kappa shape index (κ3) is 4.09. The van der Waals surface area contributed by atoms with Crippen LogP contribution in [0.1, 0.15) is 42.9 Å². The summed E-state index contributed by atoms with van der Waals surface area (Å²) in [7, 11) is 0. The number of nitrogens with one attached hydrogen (secondary N) is 1. The maximum atomic E-state index is 13.0. The normalized spacial score (nSPS) is 18.1. The monoisotopic (exact) mass is 456 g/mol. The van der Waals surface area contributed by atoms with E-state index in [9.17, 15) is 15.2 Å². The molecule has 1 fully saturated rings. The summed E-state index contributed by atoms with van der Waals surface area (Å²) >= 11 is 0. The molecule has 0 bridgehead atoms. The average molecular weight is 457 g/mol. The number of aliphatic hydroxyl groups excluding tert-OH is 1. The van der Waals surface area contributed by atoms with E-state index in [2.05, 4.69) is 25.9 Å². The SMILES string of the molecule is C[C@@H]1C[C@H](n2c(CC(=O)Nc3cccnc3CO)nc3cnc4ccc(C#N)cc4c32)CCO1. The molecule has 0 radical (unpaired) electrons. The van der Waals surface area contributed by atoms with Gasteiger partial charge in [-0.05, 0) is 50.1 Å². The Hall–Kier alpha value is -3.87. The van der Waals surface area contributed by atoms with E-state index in [0.717, 1.165) is 29.3 Å². The maximum absolute atomic E-state index is 13.0. The second kappa shape index (κ2) is 9.17. The van der Waals surface area contributed by atoms with Crippen molar-refractivity contribution in [2.75, 3.05) is 11.9 Å². The predicted molar refractivity (Wildman–Crippen MR) is 126 cm³/mol. The van der Waals surface area contributed by atoms with Crippen LogP contribution >= 0.6 is 0 Å². The number of imidazole rings is 1. The molecule has 1 aliphatic heterocycles. The van der Waals surface area contributed by atoms with Crippen LogP contribution in [0.3, 0.4) is 0 Å². The second-order valence-electron chi connectivity index (χ2n) is 8.47. The number of benzene rings is 1. The van der Waals surface area contributed by atoms with Gasteiger partial charge in [-0.2, -0.15) is 5.26 Å². The molecule has 1 aliphatic rings. The summed E-state index contributed by atoms with van der Waals surface area (Å²) in [5.74, 6) is 0.368. The lowest BCUT2D eigenvalue weighted by Gasteiger charge is -2.30. The van der Waals surface area contributed by atoms with Crippen LogP contribution in [-0.4, -0.2) is 43.2 Å². The first kappa shape index (κ1) is 21.9. The van der Waals surface area contributed by atoms with Gasteiger partial charge in [0, 0.05) is 24.2 Å². The molecule has 0 unspecified atom stereocenters. The summed E-state index contributed by atoms with van der Waals surface area (Å²) in [5, 5.41) is 22.7. The van der Waals surface area contributed by atoms with Gasteiger partial charge in [-0.15, -0.1) is 0 Å². The van der Waals surface area contributed by atoms with Gasteiger partial charge in [0.25, 0.3) is 0 Å². The molecule has 1 amide bonds. The smallest absolute Gasteiger partial charge is 0.232 e. The van der Waals surface area contributed by atoms with E-state index < -0.39 is 0 Å². The minimum Gasteiger partial charge on any atom is -0.390 e. The highest BCUT2D eigenvalue weighted by Crippen LogP contribution is 2.34. The Kier molecular flexibility index (Phi) is 5.92. The Morgan fingerprint density at radius 2 is 2.21 bits per heavy atom. The summed E-state index contributed by atoms with van der Waals surface area (Å²) in [6.45, 7) is 2.40. The number of ether oxygens (including phenoxy) is 1. The van der Waals surface area contributed by atoms with E-state index >= 15 is 0 Å². The molecule has 172 valence electrons. The van der Waals surface area contributed by atoms with Gasteiger partial charge in [0.05, 0.1) is 59.4 Å². The fourth-order valence-corrected chi connectivity index (χ4v) is 4.64. The minimum atomic E-state index is -0.270. The number of nitrogens with zero attached hydrogens (tertiary/aromatic N) is 5. The molecule has 0 spiro atoms. The number of aromatic nitrogens is 4. The average Bonchev–Trinajstić information content (AvgIpc) is 3.22. The van der Waals surface area contributed by atoms with Crippen molar-refractivity contribution in [1.29, 1.82) is 5.26 Å². The van der Waals surface area contributed by atoms with E-state index in [1.54, 1.807) is 30.6 Å². The zero-order valence-corrected chi connectivity index (χ0v) is 18.7. The third-order valence-electron chi connectivity index (χ3n) is 6.17. The molecule has 0 aliphatic carbocycles. The van der Waals surface area contributed by atoms with Gasteiger partial charge in [-0.25, -0.2) is 4.98 Å². The number of fused-ring (bicyclic) bond motifs is 3. The predicted octanol–water partition coefficient (Wildman–Crippen LogP) is 3.26. The van der Waals surface area contributed by atoms with Crippen molar-refractivity contribution < 1.29 is 14.6 Å². The Balaban J connectivity index is 1.60. The molecule has 2 N–H and O–H groups in total. The van der Waals surface area contributed by atoms with Crippen molar-refractivity contribution in [1.82, 2.24) is 19.5 Å². The lowest BCUT2D eigenvalue weighted by Crippen LogP contribution is -2.27. The highest BCUT2D eigenvalue weighted by Gasteiger charge is 2.27. The fourth-order valence-electron chi connectivity index (χ4n) is 4.64. The summed E-state index contributed by atoms with van der Waals surface area (Å²) in [4.78, 5) is 26.5. The third-order valence-corrected chi connectivity index (χ3v) is 6.17. The number of hydrogen-bond acceptors (Lipinski definition) is 7. The number of pyridine rings is 2. The topological polar surface area (TPSA) is 126 Å². The largest absolute Gasteiger partial charge is 0.390 e. The van der Waals surface area contributed by atoms with E-state index in [1.165, 1.54) is 0 Å². The van der Waals surface area contributed by atoms with Gasteiger partial charge in [0.1, 0.15) is 11.3 Å². The van der Waals surface area contributed by atoms with Crippen molar-refractivity contribution in [2.24, 2.45) is 0 Å². The lowest BCUT2D eigenvalue weighted by atomic mass is 10.0. The van der Waals surface area contributed by atoms with Crippen LogP contribution in [0.2, 0.25) is 0 Å². The highest BCUT2D eigenvalue weighted by atomic mass is 16.5. The first-order valence-corrected chi connectivity index (χ1v) is 11.2. The van der Waals surface area contributed by atoms with Gasteiger partial charge in [-0.1, -0.05) is 0 Å². The molecule has 9 heteroatoms. The number of aliphatic hydroxyl groups is 1. The van der Waals surface area contributed by atoms with Gasteiger partial charge in [-0.3, -0.25) is 14.8 Å². The zero-order chi connectivity index (χ0) is 23.7. The highest BCUT2D eigenvalue weighted by molar-refractivity contribution is 6.03. The minimum absolute atomic E-state index is 0.0413. The Bertz CT molecular complexity index is 1420. The molecule has 1 saturated heterocycles. The number of carbonyl (C=O) groups is 1. The van der Waals surface area contributed by atoms with Crippen LogP contribution in [-0.2, 0) is 22.6 Å². The van der Waals surface area contributed by atoms with Crippen LogP contribution in [0.25, 0.3) is 21.9 Å². The summed E-state index contributed by atoms with van der Waals surface area (Å²) < 4.78 is 7.90. The molecule has 9 nitrogen and oxygen atoms in total. The van der Waals surface area contributed by atoms with Gasteiger partial charge in [0.15, 0.2) is 0 Å². The lowest BCUT2D eigenvalue weighted by molar-refractivity contribution is -0.115. The summed E-state index contributed by atoms with van der Waals surface area (Å²) in [6, 6.07) is 11.1. The Morgan fingerprint density at radius 1 is 1.32 bits per heavy atom. The van der Waals surface area contributed by atoms with E-state index in [-0.39, 0.29) is 31.1 Å². The molecular weight excluding hydrogens is 432 g/mol. The molecular formula is C25H24N6O3. The summed E-state index contributed by atoms with van der Waals surface area (Å²) in [5.41, 5.74) is 3.75. The Morgan fingerprint density at radius 3 is 3.00 bits per heavy atom. The van der Waals surface area contributed by atoms with Crippen molar-refractivity contribution >= 4 is 33.5 Å². The standard InChI is InChI=1S/C25H24N6O3/c1-15-9-17(6-8-34-15)31-23(11-24(33)30-20-3-2-7-27-22(20)14-32)29-21-13-28-19-5-4-16(12-26)10-18(19)25(21)31/h2-5,7,10,13,15,17,32H,6,8-9,11,14H2,1H3,(H,30,33)/t15-,17-/m1/s1. The first-order chi connectivity index (χ1) is 16.6. The van der Waals surface area contributed by atoms with Gasteiger partial charge >= 0.3 is 0 Å². The first-order valence-electron chi connectivity index (χ1n) is 11.2. The number of amides is 1. The molecule has 5 rings (SSSR count). The molecule has 2 atom stereocenters. The number of anilines is 1. The van der Waals surface area contributed by atoms with Gasteiger partial charge in [0.2, 0.25) is 5.91 Å². The van der Waals surface area contributed by atoms with E-state index in [0.29, 0.717) is 34.9 Å². The van der Waals surface area contributed by atoms with Crippen LogP contribution < -0.4 is 5.32 Å². The van der Waals surface area contributed by atoms with E-state index in [1.807, 2.05) is 19.1 Å². The molecule has 4 aromatic rings. The number of rotatable bonds is 5. The van der Waals surface area contributed by atoms with Crippen molar-refractivity contribution in [3.05, 3.63) is 59.8 Å². The second-order valence-corrected chi connectivity index (χ2v) is 8.47. The molecule has 3 aromatic heterocycles. The molecule has 0 saturated carbocycles. The zero-order valence-electron chi connectivity index (χ0n) is 18.7. The Labute approximate surface area is 196 Å². The van der Waals surface area contributed by atoms with Crippen LogP contribution in [0.4, 0.5) is 5.69 Å². The van der Waals surface area contributed by atoms with Crippen LogP contribution in [0, 0.1) is 11.3 Å². The van der Waals surface area contributed by atoms with Crippen LogP contribution in [0.5, 0.6) is 0 Å². The molecule has 34 heavy (non-hydrogen) atoms. The molecule has 4 heterocycles. The number of nitriles is 1. The van der Waals surface area contributed by atoms with Crippen LogP contribution in [0.15, 0.2) is 42.7 Å². The molecule has 1 aromatic carbocycles. The van der Waals surface area contributed by atoms with Gasteiger partial charge < -0.3 is 19.7 Å². The quantitative estimate of drug-likeness (QED) is 0.472. The summed E-state index contributed by atoms with van der Waals surface area (Å²) in [6.07, 6.45) is 5.00. The maximum Gasteiger partial charge on any atom is 0.232 e. The fraction of sp³-hybridized carbons (Fsp3) is 0.320.